The first-order valence-corrected chi connectivity index (χ1v) is 13.3. The van der Waals surface area contributed by atoms with Crippen LogP contribution >= 0.6 is 22.7 Å². The summed E-state index contributed by atoms with van der Waals surface area (Å²) in [5.74, 6) is 7.60. The lowest BCUT2D eigenvalue weighted by Crippen LogP contribution is -2.24. The molecule has 0 N–H and O–H groups in total. The molecule has 170 valence electrons. The van der Waals surface area contributed by atoms with Gasteiger partial charge in [0.25, 0.3) is 0 Å². The SMILES string of the molecule is CCN(CCCCC#CC(C)(C)C)Cc1cccc(OCc2cc(-c3ccsc3)cs2)c1. The van der Waals surface area contributed by atoms with Crippen LogP contribution in [-0.2, 0) is 13.2 Å². The van der Waals surface area contributed by atoms with E-state index in [1.807, 2.05) is 0 Å². The molecule has 0 aliphatic carbocycles. The van der Waals surface area contributed by atoms with E-state index in [0.29, 0.717) is 6.61 Å². The van der Waals surface area contributed by atoms with Gasteiger partial charge in [0, 0.05) is 23.3 Å². The van der Waals surface area contributed by atoms with Crippen LogP contribution in [-0.4, -0.2) is 18.0 Å². The van der Waals surface area contributed by atoms with Crippen LogP contribution in [0.1, 0.15) is 57.4 Å². The fourth-order valence-corrected chi connectivity index (χ4v) is 4.88. The van der Waals surface area contributed by atoms with Crippen LogP contribution in [0, 0.1) is 17.3 Å². The highest BCUT2D eigenvalue weighted by molar-refractivity contribution is 7.10. The molecular formula is C28H35NOS2. The molecule has 32 heavy (non-hydrogen) atoms. The van der Waals surface area contributed by atoms with E-state index < -0.39 is 0 Å². The zero-order valence-electron chi connectivity index (χ0n) is 19.8. The Labute approximate surface area is 202 Å². The highest BCUT2D eigenvalue weighted by Gasteiger charge is 2.07. The first kappa shape index (κ1) is 24.6. The zero-order chi connectivity index (χ0) is 22.8. The van der Waals surface area contributed by atoms with Crippen molar-refractivity contribution in [3.05, 3.63) is 63.0 Å². The zero-order valence-corrected chi connectivity index (χ0v) is 21.5. The second-order valence-electron chi connectivity index (χ2n) is 9.13. The normalized spacial score (nSPS) is 11.4. The molecule has 2 heterocycles. The van der Waals surface area contributed by atoms with Crippen LogP contribution in [0.2, 0.25) is 0 Å². The molecule has 0 aliphatic heterocycles. The van der Waals surface area contributed by atoms with E-state index in [4.69, 9.17) is 4.74 Å². The van der Waals surface area contributed by atoms with Crippen molar-refractivity contribution in [2.45, 2.75) is 60.1 Å². The first-order chi connectivity index (χ1) is 15.4. The minimum atomic E-state index is 0.109. The van der Waals surface area contributed by atoms with E-state index in [0.717, 1.165) is 38.2 Å². The van der Waals surface area contributed by atoms with Crippen LogP contribution < -0.4 is 4.74 Å². The maximum atomic E-state index is 6.11. The molecule has 4 heteroatoms. The third-order valence-corrected chi connectivity index (χ3v) is 6.72. The fraction of sp³-hybridized carbons (Fsp3) is 0.429. The number of ether oxygens (including phenoxy) is 1. The van der Waals surface area contributed by atoms with Gasteiger partial charge in [-0.05, 0) is 104 Å². The van der Waals surface area contributed by atoms with E-state index in [1.54, 1.807) is 22.7 Å². The smallest absolute Gasteiger partial charge is 0.122 e. The number of hydrogen-bond acceptors (Lipinski definition) is 4. The highest BCUT2D eigenvalue weighted by atomic mass is 32.1. The fourth-order valence-electron chi connectivity index (χ4n) is 3.41. The number of benzene rings is 1. The topological polar surface area (TPSA) is 12.5 Å². The van der Waals surface area contributed by atoms with Gasteiger partial charge in [-0.2, -0.15) is 11.3 Å². The molecule has 3 rings (SSSR count). The van der Waals surface area contributed by atoms with Gasteiger partial charge in [0.05, 0.1) is 0 Å². The third-order valence-electron chi connectivity index (χ3n) is 5.13. The van der Waals surface area contributed by atoms with Gasteiger partial charge in [-0.25, -0.2) is 0 Å². The van der Waals surface area contributed by atoms with Crippen molar-refractivity contribution in [3.8, 4) is 28.7 Å². The van der Waals surface area contributed by atoms with Gasteiger partial charge < -0.3 is 4.74 Å². The summed E-state index contributed by atoms with van der Waals surface area (Å²) in [6.45, 7) is 12.5. The summed E-state index contributed by atoms with van der Waals surface area (Å²) in [5, 5.41) is 6.52. The molecular weight excluding hydrogens is 430 g/mol. The van der Waals surface area contributed by atoms with Crippen molar-refractivity contribution in [2.75, 3.05) is 13.1 Å². The second kappa shape index (κ2) is 12.3. The Morgan fingerprint density at radius 1 is 1.03 bits per heavy atom. The van der Waals surface area contributed by atoms with Gasteiger partial charge in [0.1, 0.15) is 12.4 Å². The lowest BCUT2D eigenvalue weighted by molar-refractivity contribution is 0.272. The van der Waals surface area contributed by atoms with Crippen LogP contribution in [0.4, 0.5) is 0 Å². The summed E-state index contributed by atoms with van der Waals surface area (Å²) < 4.78 is 6.11. The Morgan fingerprint density at radius 3 is 2.66 bits per heavy atom. The standard InChI is InChI=1S/C28H35NOS2/c1-5-29(15-9-7-6-8-14-28(2,3)4)19-23-11-10-12-26(17-23)30-20-27-18-25(22-32-27)24-13-16-31-21-24/h10-13,16-18,21-22H,5-7,9,15,19-20H2,1-4H3. The summed E-state index contributed by atoms with van der Waals surface area (Å²) in [4.78, 5) is 3.75. The average molecular weight is 466 g/mol. The van der Waals surface area contributed by atoms with Crippen LogP contribution in [0.25, 0.3) is 11.1 Å². The monoisotopic (exact) mass is 465 g/mol. The van der Waals surface area contributed by atoms with Crippen molar-refractivity contribution in [3.63, 3.8) is 0 Å². The Morgan fingerprint density at radius 2 is 1.91 bits per heavy atom. The van der Waals surface area contributed by atoms with E-state index in [-0.39, 0.29) is 5.41 Å². The Hall–Kier alpha value is -2.06. The molecule has 2 nitrogen and oxygen atoms in total. The Balaban J connectivity index is 1.45. The summed E-state index contributed by atoms with van der Waals surface area (Å²) >= 11 is 3.50. The van der Waals surface area contributed by atoms with E-state index in [2.05, 4.69) is 97.0 Å². The second-order valence-corrected chi connectivity index (χ2v) is 10.9. The van der Waals surface area contributed by atoms with Crippen LogP contribution in [0.15, 0.2) is 52.5 Å². The molecule has 0 spiro atoms. The van der Waals surface area contributed by atoms with E-state index in [1.165, 1.54) is 28.0 Å². The maximum absolute atomic E-state index is 6.11. The minimum Gasteiger partial charge on any atom is -0.488 e. The van der Waals surface area contributed by atoms with Gasteiger partial charge in [0.2, 0.25) is 0 Å². The Bertz CT molecular complexity index is 1000. The van der Waals surface area contributed by atoms with Gasteiger partial charge >= 0.3 is 0 Å². The third kappa shape index (κ3) is 8.47. The van der Waals surface area contributed by atoms with Crippen molar-refractivity contribution in [1.82, 2.24) is 4.90 Å². The van der Waals surface area contributed by atoms with Crippen molar-refractivity contribution in [2.24, 2.45) is 5.41 Å². The van der Waals surface area contributed by atoms with Crippen molar-refractivity contribution < 1.29 is 4.74 Å². The number of thiophene rings is 2. The van der Waals surface area contributed by atoms with Crippen LogP contribution in [0.3, 0.4) is 0 Å². The molecule has 2 aromatic heterocycles. The maximum Gasteiger partial charge on any atom is 0.122 e. The largest absolute Gasteiger partial charge is 0.488 e. The van der Waals surface area contributed by atoms with Gasteiger partial charge in [0.15, 0.2) is 0 Å². The summed E-state index contributed by atoms with van der Waals surface area (Å²) in [7, 11) is 0. The molecule has 0 saturated heterocycles. The van der Waals surface area contributed by atoms with Gasteiger partial charge in [-0.3, -0.25) is 4.90 Å². The van der Waals surface area contributed by atoms with Gasteiger partial charge in [-0.15, -0.1) is 17.3 Å². The lowest BCUT2D eigenvalue weighted by Gasteiger charge is -2.20. The Kier molecular flexibility index (Phi) is 9.41. The molecule has 0 bridgehead atoms. The molecule has 0 unspecified atom stereocenters. The summed E-state index contributed by atoms with van der Waals surface area (Å²) in [6.07, 6.45) is 3.35. The molecule has 0 amide bonds. The molecule has 3 aromatic rings. The van der Waals surface area contributed by atoms with Gasteiger partial charge in [-0.1, -0.05) is 25.0 Å². The summed E-state index contributed by atoms with van der Waals surface area (Å²) in [5.41, 5.74) is 3.99. The molecule has 0 fully saturated rings. The molecule has 0 atom stereocenters. The summed E-state index contributed by atoms with van der Waals surface area (Å²) in [6, 6.07) is 12.9. The average Bonchev–Trinajstić information content (AvgIpc) is 3.45. The molecule has 1 aromatic carbocycles. The number of unbranched alkanes of at least 4 members (excludes halogenated alkanes) is 2. The molecule has 0 radical (unpaired) electrons. The highest BCUT2D eigenvalue weighted by Crippen LogP contribution is 2.28. The number of hydrogen-bond donors (Lipinski definition) is 0. The quantitative estimate of drug-likeness (QED) is 0.209. The predicted molar refractivity (Wildman–Crippen MR) is 140 cm³/mol. The number of nitrogens with zero attached hydrogens (tertiary/aromatic N) is 1. The molecule has 0 saturated carbocycles. The first-order valence-electron chi connectivity index (χ1n) is 11.5. The lowest BCUT2D eigenvalue weighted by atomic mass is 9.98. The van der Waals surface area contributed by atoms with Crippen molar-refractivity contribution in [1.29, 1.82) is 0 Å². The van der Waals surface area contributed by atoms with E-state index in [9.17, 15) is 0 Å². The van der Waals surface area contributed by atoms with Crippen LogP contribution in [0.5, 0.6) is 5.75 Å². The van der Waals surface area contributed by atoms with Crippen molar-refractivity contribution >= 4 is 22.7 Å². The molecule has 0 aliphatic rings. The van der Waals surface area contributed by atoms with E-state index >= 15 is 0 Å². The number of rotatable bonds is 11. The minimum absolute atomic E-state index is 0.109. The predicted octanol–water partition coefficient (Wildman–Crippen LogP) is 8.10.